The number of hydrogen-bond donors (Lipinski definition) is 1. The van der Waals surface area contributed by atoms with Gasteiger partial charge in [0, 0.05) is 7.05 Å². The lowest BCUT2D eigenvalue weighted by Gasteiger charge is -2.27. The van der Waals surface area contributed by atoms with E-state index in [1.807, 2.05) is 0 Å². The second kappa shape index (κ2) is 6.16. The summed E-state index contributed by atoms with van der Waals surface area (Å²) < 4.78 is 32.9. The van der Waals surface area contributed by atoms with E-state index in [1.54, 1.807) is 25.2 Å². The van der Waals surface area contributed by atoms with Crippen LogP contribution in [0.15, 0.2) is 41.3 Å². The van der Waals surface area contributed by atoms with E-state index in [1.165, 1.54) is 23.1 Å². The number of amides is 1. The number of carbonyl (C=O) groups is 1. The summed E-state index contributed by atoms with van der Waals surface area (Å²) in [5.41, 5.74) is 0.721. The van der Waals surface area contributed by atoms with Gasteiger partial charge in [0.25, 0.3) is 15.9 Å². The van der Waals surface area contributed by atoms with Crippen LogP contribution in [-0.4, -0.2) is 28.0 Å². The Hall–Kier alpha value is -1.96. The van der Waals surface area contributed by atoms with Gasteiger partial charge in [-0.15, -0.1) is 0 Å². The van der Waals surface area contributed by atoms with Crippen LogP contribution in [0.3, 0.4) is 0 Å². The summed E-state index contributed by atoms with van der Waals surface area (Å²) in [6, 6.07) is 8.87. The lowest BCUT2D eigenvalue weighted by Crippen LogP contribution is -2.35. The minimum Gasteiger partial charge on any atom is -0.479 e. The molecule has 0 saturated heterocycles. The van der Waals surface area contributed by atoms with Crippen molar-refractivity contribution in [2.45, 2.75) is 4.90 Å². The topological polar surface area (TPSA) is 75.7 Å². The van der Waals surface area contributed by atoms with Crippen LogP contribution in [0.4, 0.5) is 11.4 Å². The maximum Gasteiger partial charge on any atom is 0.264 e. The number of nitrogens with one attached hydrogen (secondary N) is 1. The highest BCUT2D eigenvalue weighted by Gasteiger charge is 2.26. The summed E-state index contributed by atoms with van der Waals surface area (Å²) in [6.07, 6.45) is 0. The number of para-hydroxylation sites is 1. The third-order valence-corrected chi connectivity index (χ3v) is 5.62. The SMILES string of the molecule is CN1C(=O)COc2c(NS(=O)(=O)c3ccc(Cl)c(Cl)c3)cccc21. The Labute approximate surface area is 149 Å². The molecule has 1 heterocycles. The summed E-state index contributed by atoms with van der Waals surface area (Å²) >= 11 is 11.7. The number of likely N-dealkylation sites (N-methyl/N-ethyl adjacent to an activating group) is 1. The number of sulfonamides is 1. The molecule has 1 amide bonds. The van der Waals surface area contributed by atoms with E-state index in [-0.39, 0.29) is 33.1 Å². The first-order valence-electron chi connectivity index (χ1n) is 6.80. The van der Waals surface area contributed by atoms with Crippen LogP contribution < -0.4 is 14.4 Å². The predicted molar refractivity (Wildman–Crippen MR) is 92.6 cm³/mol. The fourth-order valence-electron chi connectivity index (χ4n) is 2.23. The third kappa shape index (κ3) is 3.02. The smallest absolute Gasteiger partial charge is 0.264 e. The highest BCUT2D eigenvalue weighted by molar-refractivity contribution is 7.92. The highest BCUT2D eigenvalue weighted by atomic mass is 35.5. The fraction of sp³-hybridized carbons (Fsp3) is 0.133. The van der Waals surface area contributed by atoms with Crippen molar-refractivity contribution < 1.29 is 17.9 Å². The second-order valence-electron chi connectivity index (χ2n) is 5.08. The Morgan fingerprint density at radius 3 is 2.62 bits per heavy atom. The molecule has 0 unspecified atom stereocenters. The highest BCUT2D eigenvalue weighted by Crippen LogP contribution is 2.39. The monoisotopic (exact) mass is 386 g/mol. The van der Waals surface area contributed by atoms with E-state index in [0.29, 0.717) is 11.4 Å². The lowest BCUT2D eigenvalue weighted by atomic mass is 10.2. The van der Waals surface area contributed by atoms with Gasteiger partial charge in [0.1, 0.15) is 0 Å². The molecule has 3 rings (SSSR count). The Morgan fingerprint density at radius 2 is 1.92 bits per heavy atom. The summed E-state index contributed by atoms with van der Waals surface area (Å²) in [4.78, 5) is 13.1. The maximum absolute atomic E-state index is 12.5. The Balaban J connectivity index is 1.99. The number of carbonyl (C=O) groups excluding carboxylic acids is 1. The van der Waals surface area contributed by atoms with Crippen molar-refractivity contribution in [1.82, 2.24) is 0 Å². The number of fused-ring (bicyclic) bond motifs is 1. The molecule has 0 bridgehead atoms. The van der Waals surface area contributed by atoms with Gasteiger partial charge in [-0.05, 0) is 30.3 Å². The van der Waals surface area contributed by atoms with Crippen LogP contribution in [-0.2, 0) is 14.8 Å². The van der Waals surface area contributed by atoms with Crippen LogP contribution in [0.2, 0.25) is 10.0 Å². The fourth-order valence-corrected chi connectivity index (χ4v) is 3.68. The average Bonchev–Trinajstić information content (AvgIpc) is 2.53. The van der Waals surface area contributed by atoms with Crippen molar-refractivity contribution in [3.63, 3.8) is 0 Å². The quantitative estimate of drug-likeness (QED) is 0.878. The van der Waals surface area contributed by atoms with Gasteiger partial charge in [-0.25, -0.2) is 8.42 Å². The molecule has 6 nitrogen and oxygen atoms in total. The van der Waals surface area contributed by atoms with Crippen molar-refractivity contribution in [2.24, 2.45) is 0 Å². The standard InChI is InChI=1S/C15H12Cl2N2O4S/c1-19-13-4-2-3-12(15(13)23-8-14(19)20)18-24(21,22)9-5-6-10(16)11(17)7-9/h2-7,18H,8H2,1H3. The zero-order valence-corrected chi connectivity index (χ0v) is 14.7. The summed E-state index contributed by atoms with van der Waals surface area (Å²) in [5, 5.41) is 0.396. The molecule has 1 aliphatic heterocycles. The second-order valence-corrected chi connectivity index (χ2v) is 7.57. The molecular formula is C15H12Cl2N2O4S. The van der Waals surface area contributed by atoms with Crippen molar-refractivity contribution in [3.8, 4) is 5.75 Å². The number of nitrogens with zero attached hydrogens (tertiary/aromatic N) is 1. The van der Waals surface area contributed by atoms with Gasteiger partial charge < -0.3 is 9.64 Å². The lowest BCUT2D eigenvalue weighted by molar-refractivity contribution is -0.120. The number of benzene rings is 2. The molecule has 0 fully saturated rings. The van der Waals surface area contributed by atoms with Gasteiger partial charge >= 0.3 is 0 Å². The van der Waals surface area contributed by atoms with Crippen LogP contribution in [0.5, 0.6) is 5.75 Å². The van der Waals surface area contributed by atoms with Crippen molar-refractivity contribution in [2.75, 3.05) is 23.3 Å². The van der Waals surface area contributed by atoms with Gasteiger partial charge in [-0.3, -0.25) is 9.52 Å². The van der Waals surface area contributed by atoms with Gasteiger partial charge in [-0.2, -0.15) is 0 Å². The molecule has 0 spiro atoms. The van der Waals surface area contributed by atoms with E-state index in [2.05, 4.69) is 4.72 Å². The van der Waals surface area contributed by atoms with Crippen LogP contribution >= 0.6 is 23.2 Å². The molecule has 126 valence electrons. The first-order chi connectivity index (χ1) is 11.3. The molecule has 2 aromatic rings. The largest absolute Gasteiger partial charge is 0.479 e. The maximum atomic E-state index is 12.5. The average molecular weight is 387 g/mol. The molecule has 0 aromatic heterocycles. The molecule has 1 N–H and O–H groups in total. The van der Waals surface area contributed by atoms with Crippen molar-refractivity contribution in [1.29, 1.82) is 0 Å². The predicted octanol–water partition coefficient (Wildman–Crippen LogP) is 3.15. The Kier molecular flexibility index (Phi) is 4.33. The van der Waals surface area contributed by atoms with Crippen LogP contribution in [0.25, 0.3) is 0 Å². The van der Waals surface area contributed by atoms with Gasteiger partial charge in [-0.1, -0.05) is 29.3 Å². The van der Waals surface area contributed by atoms with Crippen LogP contribution in [0.1, 0.15) is 0 Å². The molecule has 2 aromatic carbocycles. The zero-order chi connectivity index (χ0) is 17.5. The minimum atomic E-state index is -3.89. The Bertz CT molecular complexity index is 931. The van der Waals surface area contributed by atoms with E-state index in [0.717, 1.165) is 0 Å². The van der Waals surface area contributed by atoms with E-state index in [4.69, 9.17) is 27.9 Å². The molecular weight excluding hydrogens is 375 g/mol. The van der Waals surface area contributed by atoms with E-state index < -0.39 is 10.0 Å². The molecule has 9 heteroatoms. The third-order valence-electron chi connectivity index (χ3n) is 3.52. The number of hydrogen-bond acceptors (Lipinski definition) is 4. The van der Waals surface area contributed by atoms with Crippen LogP contribution in [0, 0.1) is 0 Å². The number of halogens is 2. The molecule has 24 heavy (non-hydrogen) atoms. The van der Waals surface area contributed by atoms with E-state index >= 15 is 0 Å². The Morgan fingerprint density at radius 1 is 1.17 bits per heavy atom. The van der Waals surface area contributed by atoms with Gasteiger partial charge in [0.2, 0.25) is 0 Å². The number of anilines is 2. The molecule has 0 aliphatic carbocycles. The molecule has 0 radical (unpaired) electrons. The number of rotatable bonds is 3. The summed E-state index contributed by atoms with van der Waals surface area (Å²) in [6.45, 7) is -0.158. The van der Waals surface area contributed by atoms with Crippen molar-refractivity contribution in [3.05, 3.63) is 46.4 Å². The first kappa shape index (κ1) is 16.9. The van der Waals surface area contributed by atoms with Gasteiger partial charge in [0.05, 0.1) is 26.3 Å². The minimum absolute atomic E-state index is 0.0326. The number of ether oxygens (including phenoxy) is 1. The van der Waals surface area contributed by atoms with Crippen molar-refractivity contribution >= 4 is 50.5 Å². The zero-order valence-electron chi connectivity index (χ0n) is 12.4. The first-order valence-corrected chi connectivity index (χ1v) is 9.04. The normalized spacial score (nSPS) is 14.1. The summed E-state index contributed by atoms with van der Waals surface area (Å²) in [5.74, 6) is 0.0789. The summed E-state index contributed by atoms with van der Waals surface area (Å²) in [7, 11) is -2.30. The van der Waals surface area contributed by atoms with Gasteiger partial charge in [0.15, 0.2) is 12.4 Å². The molecule has 0 atom stereocenters. The van der Waals surface area contributed by atoms with E-state index in [9.17, 15) is 13.2 Å². The molecule has 0 saturated carbocycles. The molecule has 1 aliphatic rings.